The van der Waals surface area contributed by atoms with Crippen LogP contribution in [0.1, 0.15) is 102 Å². The van der Waals surface area contributed by atoms with Gasteiger partial charge in [-0.25, -0.2) is 0 Å². The molecule has 1 heteroatoms. The number of unbranched alkanes of at least 4 members (excludes halogenated alkanes) is 10. The minimum atomic E-state index is 1.29. The topological polar surface area (TPSA) is 15.8 Å². The van der Waals surface area contributed by atoms with Gasteiger partial charge >= 0.3 is 0 Å². The molecule has 1 N–H and O–H groups in total. The number of aryl methyl sites for hydroxylation is 2. The first kappa shape index (κ1) is 23.5. The van der Waals surface area contributed by atoms with Crippen molar-refractivity contribution in [2.45, 2.75) is 104 Å². The summed E-state index contributed by atoms with van der Waals surface area (Å²) in [5.41, 5.74) is 3.23. The Labute approximate surface area is 169 Å². The van der Waals surface area contributed by atoms with E-state index in [-0.39, 0.29) is 0 Å². The second-order valence-electron chi connectivity index (χ2n) is 7.69. The van der Waals surface area contributed by atoms with E-state index in [0.717, 1.165) is 0 Å². The van der Waals surface area contributed by atoms with Crippen molar-refractivity contribution in [1.82, 2.24) is 4.98 Å². The summed E-state index contributed by atoms with van der Waals surface area (Å²) in [7, 11) is 0. The Kier molecular flexibility index (Phi) is 15.6. The Bertz CT molecular complexity index is 463. The van der Waals surface area contributed by atoms with Gasteiger partial charge in [0.15, 0.2) is 0 Å². The van der Waals surface area contributed by atoms with Gasteiger partial charge in [-0.05, 0) is 48.9 Å². The Morgan fingerprint density at radius 2 is 0.926 bits per heavy atom. The zero-order chi connectivity index (χ0) is 19.4. The van der Waals surface area contributed by atoms with Crippen LogP contribution in [-0.4, -0.2) is 4.98 Å². The van der Waals surface area contributed by atoms with Crippen molar-refractivity contribution >= 4 is 0 Å². The number of rotatable bonds is 14. The quantitative estimate of drug-likeness (QED) is 0.321. The molecule has 0 aliphatic rings. The predicted molar refractivity (Wildman–Crippen MR) is 121 cm³/mol. The van der Waals surface area contributed by atoms with E-state index in [9.17, 15) is 0 Å². The van der Waals surface area contributed by atoms with Gasteiger partial charge in [-0.2, -0.15) is 0 Å². The average molecular weight is 370 g/mol. The zero-order valence-electron chi connectivity index (χ0n) is 18.0. The number of aromatic amines is 1. The van der Waals surface area contributed by atoms with Crippen molar-refractivity contribution < 1.29 is 0 Å². The summed E-state index contributed by atoms with van der Waals surface area (Å²) >= 11 is 0. The molecule has 0 saturated carbocycles. The molecule has 2 rings (SSSR count). The summed E-state index contributed by atoms with van der Waals surface area (Å²) in [5.74, 6) is 0. The third-order valence-electron chi connectivity index (χ3n) is 5.21. The highest BCUT2D eigenvalue weighted by Gasteiger charge is 2.02. The van der Waals surface area contributed by atoms with Crippen LogP contribution < -0.4 is 0 Å². The summed E-state index contributed by atoms with van der Waals surface area (Å²) in [6, 6.07) is 13.0. The minimum absolute atomic E-state index is 1.29. The van der Waals surface area contributed by atoms with Gasteiger partial charge in [0, 0.05) is 12.4 Å². The van der Waals surface area contributed by atoms with Crippen molar-refractivity contribution in [1.29, 1.82) is 0 Å². The van der Waals surface area contributed by atoms with Gasteiger partial charge in [0.05, 0.1) is 0 Å². The lowest BCUT2D eigenvalue weighted by Gasteiger charge is -2.09. The van der Waals surface area contributed by atoms with E-state index in [1.165, 1.54) is 89.9 Å². The maximum absolute atomic E-state index is 2.86. The largest absolute Gasteiger partial charge is 0.368 e. The lowest BCUT2D eigenvalue weighted by Crippen LogP contribution is -1.95. The maximum Gasteiger partial charge on any atom is 0.000496 e. The molecule has 27 heavy (non-hydrogen) atoms. The molecular weight excluding hydrogens is 326 g/mol. The number of hydrogen-bond acceptors (Lipinski definition) is 0. The van der Waals surface area contributed by atoms with Gasteiger partial charge in [0.1, 0.15) is 0 Å². The van der Waals surface area contributed by atoms with Crippen LogP contribution in [0.15, 0.2) is 48.8 Å². The van der Waals surface area contributed by atoms with Gasteiger partial charge in [0.25, 0.3) is 0 Å². The van der Waals surface area contributed by atoms with Crippen LogP contribution >= 0.6 is 0 Å². The lowest BCUT2D eigenvalue weighted by molar-refractivity contribution is 0.599. The van der Waals surface area contributed by atoms with E-state index < -0.39 is 0 Å². The second-order valence-corrected chi connectivity index (χ2v) is 7.69. The normalized spacial score (nSPS) is 10.4. The number of hydrogen-bond donors (Lipinski definition) is 1. The number of H-pyrrole nitrogens is 1. The summed E-state index contributed by atoms with van der Waals surface area (Å²) < 4.78 is 0. The van der Waals surface area contributed by atoms with Gasteiger partial charge in [0.2, 0.25) is 0 Å². The first-order valence-corrected chi connectivity index (χ1v) is 11.5. The van der Waals surface area contributed by atoms with Crippen LogP contribution in [0.25, 0.3) is 0 Å². The molecule has 0 saturated heterocycles. The molecule has 1 aromatic heterocycles. The molecule has 1 heterocycles. The van der Waals surface area contributed by atoms with E-state index in [1.807, 2.05) is 24.5 Å². The molecule has 1 nitrogen and oxygen atoms in total. The second kappa shape index (κ2) is 17.9. The fraction of sp³-hybridized carbons (Fsp3) is 0.615. The highest BCUT2D eigenvalue weighted by Crippen LogP contribution is 2.17. The molecule has 0 spiro atoms. The zero-order valence-corrected chi connectivity index (χ0v) is 18.0. The standard InChI is InChI=1S/C22H38.C4H5N/c1-3-5-7-9-11-13-17-21-19-15-16-20-22(21)18-14-12-10-8-6-4-2;1-2-4-5-3-1/h15-16,19-20H,3-14,17-18H2,1-2H3;1-5H. The number of aromatic nitrogens is 1. The summed E-state index contributed by atoms with van der Waals surface area (Å²) in [6.07, 6.45) is 23.1. The average Bonchev–Trinajstić information content (AvgIpc) is 3.28. The Hall–Kier alpha value is -1.50. The summed E-state index contributed by atoms with van der Waals surface area (Å²) in [4.78, 5) is 2.86. The van der Waals surface area contributed by atoms with Crippen LogP contribution in [0.3, 0.4) is 0 Å². The smallest absolute Gasteiger partial charge is 0.000496 e. The molecule has 0 bridgehead atoms. The van der Waals surface area contributed by atoms with Gasteiger partial charge in [-0.1, -0.05) is 102 Å². The fourth-order valence-corrected chi connectivity index (χ4v) is 3.51. The molecule has 0 aliphatic heterocycles. The van der Waals surface area contributed by atoms with Gasteiger partial charge in [-0.3, -0.25) is 0 Å². The molecule has 0 unspecified atom stereocenters. The Morgan fingerprint density at radius 1 is 0.519 bits per heavy atom. The van der Waals surface area contributed by atoms with E-state index in [0.29, 0.717) is 0 Å². The molecular formula is C26H43N. The van der Waals surface area contributed by atoms with Crippen LogP contribution in [0.5, 0.6) is 0 Å². The van der Waals surface area contributed by atoms with Crippen molar-refractivity contribution in [3.05, 3.63) is 59.9 Å². The van der Waals surface area contributed by atoms with Crippen molar-refractivity contribution in [2.75, 3.05) is 0 Å². The minimum Gasteiger partial charge on any atom is -0.368 e. The van der Waals surface area contributed by atoms with Crippen LogP contribution in [-0.2, 0) is 12.8 Å². The first-order chi connectivity index (χ1) is 13.4. The molecule has 0 atom stereocenters. The highest BCUT2D eigenvalue weighted by atomic mass is 14.6. The monoisotopic (exact) mass is 369 g/mol. The molecule has 0 radical (unpaired) electrons. The Balaban J connectivity index is 0.000000625. The van der Waals surface area contributed by atoms with E-state index in [2.05, 4.69) is 43.1 Å². The third-order valence-corrected chi connectivity index (χ3v) is 5.21. The first-order valence-electron chi connectivity index (χ1n) is 11.5. The van der Waals surface area contributed by atoms with Gasteiger partial charge < -0.3 is 4.98 Å². The molecule has 0 aliphatic carbocycles. The summed E-state index contributed by atoms with van der Waals surface area (Å²) in [6.45, 7) is 4.58. The van der Waals surface area contributed by atoms with Crippen molar-refractivity contribution in [2.24, 2.45) is 0 Å². The number of benzene rings is 1. The van der Waals surface area contributed by atoms with Crippen molar-refractivity contribution in [3.63, 3.8) is 0 Å². The lowest BCUT2D eigenvalue weighted by atomic mass is 9.96. The van der Waals surface area contributed by atoms with Crippen LogP contribution in [0.4, 0.5) is 0 Å². The van der Waals surface area contributed by atoms with E-state index in [1.54, 1.807) is 11.1 Å². The fourth-order valence-electron chi connectivity index (χ4n) is 3.51. The number of nitrogens with one attached hydrogen (secondary N) is 1. The SMILES string of the molecule is CCCCCCCCc1ccccc1CCCCCCCC.c1cc[nH]c1. The molecule has 0 amide bonds. The predicted octanol–water partition coefficient (Wildman–Crippen LogP) is 8.51. The van der Waals surface area contributed by atoms with E-state index in [4.69, 9.17) is 0 Å². The molecule has 0 fully saturated rings. The Morgan fingerprint density at radius 3 is 1.30 bits per heavy atom. The van der Waals surface area contributed by atoms with E-state index >= 15 is 0 Å². The third kappa shape index (κ3) is 13.3. The summed E-state index contributed by atoms with van der Waals surface area (Å²) in [5, 5.41) is 0. The molecule has 152 valence electrons. The molecule has 2 aromatic rings. The van der Waals surface area contributed by atoms with Gasteiger partial charge in [-0.15, -0.1) is 0 Å². The van der Waals surface area contributed by atoms with Crippen molar-refractivity contribution in [3.8, 4) is 0 Å². The highest BCUT2D eigenvalue weighted by molar-refractivity contribution is 5.27. The molecule has 1 aromatic carbocycles. The maximum atomic E-state index is 2.86. The van der Waals surface area contributed by atoms with Crippen LogP contribution in [0.2, 0.25) is 0 Å². The van der Waals surface area contributed by atoms with Crippen LogP contribution in [0, 0.1) is 0 Å².